The van der Waals surface area contributed by atoms with Crippen molar-refractivity contribution in [2.45, 2.75) is 13.2 Å². The van der Waals surface area contributed by atoms with Gasteiger partial charge in [-0.3, -0.25) is 14.5 Å². The summed E-state index contributed by atoms with van der Waals surface area (Å²) >= 11 is 2.95. The van der Waals surface area contributed by atoms with E-state index in [1.165, 1.54) is 19.2 Å². The fraction of sp³-hybridized carbons (Fsp3) is 0.115. The van der Waals surface area contributed by atoms with E-state index in [0.29, 0.717) is 33.8 Å². The molecule has 35 heavy (non-hydrogen) atoms. The molecule has 2 amide bonds. The number of ether oxygens (including phenoxy) is 2. The first-order chi connectivity index (χ1) is 16.9. The predicted octanol–water partition coefficient (Wildman–Crippen LogP) is 6.13. The summed E-state index contributed by atoms with van der Waals surface area (Å²) in [6, 6.07) is 18.6. The monoisotopic (exact) mass is 600 g/mol. The zero-order valence-electron chi connectivity index (χ0n) is 18.5. The van der Waals surface area contributed by atoms with Crippen molar-refractivity contribution in [3.05, 3.63) is 97.2 Å². The van der Waals surface area contributed by atoms with Gasteiger partial charge in [-0.15, -0.1) is 0 Å². The van der Waals surface area contributed by atoms with Crippen molar-refractivity contribution in [3.63, 3.8) is 0 Å². The fourth-order valence-corrected chi connectivity index (χ4v) is 5.09. The van der Waals surface area contributed by atoms with Crippen LogP contribution >= 0.6 is 34.4 Å². The lowest BCUT2D eigenvalue weighted by Crippen LogP contribution is -2.27. The van der Waals surface area contributed by atoms with Gasteiger partial charge in [0.2, 0.25) is 0 Å². The Morgan fingerprint density at radius 1 is 1.14 bits per heavy atom. The number of thioether (sulfide) groups is 1. The van der Waals surface area contributed by atoms with Crippen LogP contribution in [0.15, 0.2) is 65.6 Å². The van der Waals surface area contributed by atoms with E-state index < -0.39 is 11.1 Å². The molecule has 4 rings (SSSR count). The van der Waals surface area contributed by atoms with Crippen LogP contribution in [0.1, 0.15) is 22.3 Å². The minimum Gasteiger partial charge on any atom is -0.493 e. The Morgan fingerprint density at radius 3 is 2.69 bits per heavy atom. The third kappa shape index (κ3) is 5.66. The van der Waals surface area contributed by atoms with E-state index in [0.717, 1.165) is 20.2 Å². The molecule has 0 atom stereocenters. The molecule has 9 heteroatoms. The van der Waals surface area contributed by atoms with E-state index in [1.807, 2.05) is 6.07 Å². The van der Waals surface area contributed by atoms with Crippen LogP contribution in [0.25, 0.3) is 6.08 Å². The number of imide groups is 1. The van der Waals surface area contributed by atoms with Crippen LogP contribution in [-0.2, 0) is 17.9 Å². The summed E-state index contributed by atoms with van der Waals surface area (Å²) in [5.74, 6) is 0.179. The first kappa shape index (κ1) is 24.8. The lowest BCUT2D eigenvalue weighted by molar-refractivity contribution is -0.123. The van der Waals surface area contributed by atoms with E-state index in [9.17, 15) is 19.2 Å². The van der Waals surface area contributed by atoms with E-state index in [2.05, 4.69) is 28.7 Å². The molecule has 0 bridgehead atoms. The Hall–Kier alpha value is -3.36. The van der Waals surface area contributed by atoms with E-state index in [-0.39, 0.29) is 23.9 Å². The van der Waals surface area contributed by atoms with Crippen LogP contribution in [0.2, 0.25) is 0 Å². The zero-order chi connectivity index (χ0) is 24.9. The van der Waals surface area contributed by atoms with Crippen LogP contribution < -0.4 is 9.47 Å². The second-order valence-electron chi connectivity index (χ2n) is 7.49. The second-order valence-corrected chi connectivity index (χ2v) is 9.64. The molecule has 0 unspecified atom stereocenters. The smallest absolute Gasteiger partial charge is 0.293 e. The largest absolute Gasteiger partial charge is 0.493 e. The average molecular weight is 600 g/mol. The molecule has 0 N–H and O–H groups in total. The van der Waals surface area contributed by atoms with Crippen LogP contribution in [-0.4, -0.2) is 23.2 Å². The van der Waals surface area contributed by atoms with Crippen LogP contribution in [0.3, 0.4) is 0 Å². The van der Waals surface area contributed by atoms with E-state index in [1.54, 1.807) is 48.5 Å². The van der Waals surface area contributed by atoms with Gasteiger partial charge in [0, 0.05) is 0 Å². The Balaban J connectivity index is 1.55. The normalized spacial score (nSPS) is 14.3. The minimum atomic E-state index is -0.423. The number of rotatable bonds is 7. The van der Waals surface area contributed by atoms with Crippen LogP contribution in [0.4, 0.5) is 9.18 Å². The summed E-state index contributed by atoms with van der Waals surface area (Å²) in [6.07, 6.45) is 1.63. The molecule has 1 aliphatic heterocycles. The van der Waals surface area contributed by atoms with Gasteiger partial charge < -0.3 is 9.47 Å². The maximum absolute atomic E-state index is 13.5. The standard InChI is InChI=1S/C26H18FIN2O4S/c1-33-22-11-17(10-21(28)24(22)34-15-16-5-4-8-20(27)9-16)12-23-25(31)30(26(32)35-23)14-19-7-3-2-6-18(19)13-29/h2-12H,14-15H2,1H3/b23-12+. The van der Waals surface area contributed by atoms with Gasteiger partial charge in [0.1, 0.15) is 12.4 Å². The first-order valence-corrected chi connectivity index (χ1v) is 12.3. The van der Waals surface area contributed by atoms with Crippen molar-refractivity contribution < 1.29 is 23.5 Å². The molecule has 0 saturated carbocycles. The summed E-state index contributed by atoms with van der Waals surface area (Å²) in [4.78, 5) is 26.9. The number of carbonyl (C=O) groups excluding carboxylic acids is 2. The highest BCUT2D eigenvalue weighted by molar-refractivity contribution is 14.1. The van der Waals surface area contributed by atoms with Gasteiger partial charge >= 0.3 is 0 Å². The molecule has 3 aromatic rings. The highest BCUT2D eigenvalue weighted by atomic mass is 127. The van der Waals surface area contributed by atoms with Gasteiger partial charge in [0.15, 0.2) is 11.5 Å². The molecule has 1 saturated heterocycles. The van der Waals surface area contributed by atoms with Gasteiger partial charge in [-0.1, -0.05) is 30.3 Å². The molecule has 1 heterocycles. The van der Waals surface area contributed by atoms with Gasteiger partial charge in [-0.25, -0.2) is 4.39 Å². The number of nitrogens with zero attached hydrogens (tertiary/aromatic N) is 2. The average Bonchev–Trinajstić information content (AvgIpc) is 3.10. The molecule has 176 valence electrons. The Kier molecular flexibility index (Phi) is 7.73. The van der Waals surface area contributed by atoms with Crippen molar-refractivity contribution in [1.82, 2.24) is 4.90 Å². The van der Waals surface area contributed by atoms with Gasteiger partial charge in [0.25, 0.3) is 11.1 Å². The number of amides is 2. The molecule has 6 nitrogen and oxygen atoms in total. The quantitative estimate of drug-likeness (QED) is 0.240. The second kappa shape index (κ2) is 10.9. The number of nitriles is 1. The molecule has 0 aliphatic carbocycles. The molecule has 1 aliphatic rings. The highest BCUT2D eigenvalue weighted by Gasteiger charge is 2.35. The third-order valence-corrected chi connectivity index (χ3v) is 6.87. The van der Waals surface area contributed by atoms with E-state index >= 15 is 0 Å². The number of halogens is 2. The maximum atomic E-state index is 13.5. The summed E-state index contributed by atoms with van der Waals surface area (Å²) in [5.41, 5.74) is 2.36. The first-order valence-electron chi connectivity index (χ1n) is 10.4. The number of hydrogen-bond acceptors (Lipinski definition) is 6. The molecule has 1 fully saturated rings. The van der Waals surface area contributed by atoms with Gasteiger partial charge in [-0.05, 0) is 87.5 Å². The summed E-state index contributed by atoms with van der Waals surface area (Å²) < 4.78 is 25.6. The molecule has 3 aromatic carbocycles. The van der Waals surface area contributed by atoms with Crippen LogP contribution in [0.5, 0.6) is 11.5 Å². The Morgan fingerprint density at radius 2 is 1.94 bits per heavy atom. The van der Waals surface area contributed by atoms with Crippen molar-refractivity contribution in [3.8, 4) is 17.6 Å². The summed E-state index contributed by atoms with van der Waals surface area (Å²) in [6.45, 7) is 0.186. The van der Waals surface area contributed by atoms with Crippen molar-refractivity contribution in [2.75, 3.05) is 7.11 Å². The zero-order valence-corrected chi connectivity index (χ0v) is 21.4. The number of hydrogen-bond donors (Lipinski definition) is 0. The summed E-state index contributed by atoms with van der Waals surface area (Å²) in [5, 5.41) is 8.89. The Bertz CT molecular complexity index is 1390. The fourth-order valence-electron chi connectivity index (χ4n) is 3.47. The molecular formula is C26H18FIN2O4S. The lowest BCUT2D eigenvalue weighted by Gasteiger charge is -2.14. The molecular weight excluding hydrogens is 582 g/mol. The molecule has 0 radical (unpaired) electrons. The predicted molar refractivity (Wildman–Crippen MR) is 139 cm³/mol. The van der Waals surface area contributed by atoms with E-state index in [4.69, 9.17) is 9.47 Å². The van der Waals surface area contributed by atoms with Crippen LogP contribution in [0, 0.1) is 20.7 Å². The van der Waals surface area contributed by atoms with Crippen molar-refractivity contribution >= 4 is 51.6 Å². The Labute approximate surface area is 219 Å². The van der Waals surface area contributed by atoms with Gasteiger partial charge in [0.05, 0.1) is 33.8 Å². The number of benzene rings is 3. The van der Waals surface area contributed by atoms with Crippen molar-refractivity contribution in [2.24, 2.45) is 0 Å². The number of carbonyl (C=O) groups is 2. The summed E-state index contributed by atoms with van der Waals surface area (Å²) in [7, 11) is 1.50. The molecule has 0 spiro atoms. The minimum absolute atomic E-state index is 0.0272. The van der Waals surface area contributed by atoms with Crippen molar-refractivity contribution in [1.29, 1.82) is 5.26 Å². The SMILES string of the molecule is COc1cc(/C=C2/SC(=O)N(Cc3ccccc3C#N)C2=O)cc(I)c1OCc1cccc(F)c1. The molecule has 0 aromatic heterocycles. The van der Waals surface area contributed by atoms with Gasteiger partial charge in [-0.2, -0.15) is 5.26 Å². The topological polar surface area (TPSA) is 79.6 Å². The third-order valence-electron chi connectivity index (χ3n) is 5.16. The number of methoxy groups -OCH3 is 1. The highest BCUT2D eigenvalue weighted by Crippen LogP contribution is 2.38. The maximum Gasteiger partial charge on any atom is 0.293 e. The lowest BCUT2D eigenvalue weighted by atomic mass is 10.1.